The van der Waals surface area contributed by atoms with E-state index in [1.54, 1.807) is 0 Å². The van der Waals surface area contributed by atoms with Crippen LogP contribution in [0.3, 0.4) is 0 Å². The lowest BCUT2D eigenvalue weighted by Crippen LogP contribution is -2.27. The summed E-state index contributed by atoms with van der Waals surface area (Å²) >= 11 is 0. The molecule has 1 fully saturated rings. The molecule has 0 bridgehead atoms. The first-order valence-corrected chi connectivity index (χ1v) is 6.48. The molecule has 1 aliphatic rings. The van der Waals surface area contributed by atoms with Gasteiger partial charge in [0.05, 0.1) is 5.92 Å². The second-order valence-corrected chi connectivity index (χ2v) is 4.96. The van der Waals surface area contributed by atoms with Gasteiger partial charge in [-0.05, 0) is 24.3 Å². The predicted molar refractivity (Wildman–Crippen MR) is 67.4 cm³/mol. The Bertz CT molecular complexity index is 358. The molecule has 1 aromatic rings. The van der Waals surface area contributed by atoms with Gasteiger partial charge in [-0.1, -0.05) is 50.1 Å². The Morgan fingerprint density at radius 1 is 1.24 bits per heavy atom. The van der Waals surface area contributed by atoms with Crippen molar-refractivity contribution in [1.82, 2.24) is 0 Å². The van der Waals surface area contributed by atoms with Gasteiger partial charge in [-0.25, -0.2) is 0 Å². The Hall–Kier alpha value is -1.31. The van der Waals surface area contributed by atoms with E-state index in [1.165, 1.54) is 6.42 Å². The van der Waals surface area contributed by atoms with Crippen molar-refractivity contribution < 1.29 is 9.53 Å². The number of ether oxygens (including phenoxy) is 1. The lowest BCUT2D eigenvalue weighted by atomic mass is 9.80. The average molecular weight is 232 g/mol. The molecule has 2 heteroatoms. The second kappa shape index (κ2) is 5.85. The molecule has 92 valence electrons. The minimum absolute atomic E-state index is 0.0129. The number of hydrogen-bond donors (Lipinski definition) is 0. The summed E-state index contributed by atoms with van der Waals surface area (Å²) in [4.78, 5) is 12.0. The number of carbonyl (C=O) groups excluding carboxylic acids is 1. The van der Waals surface area contributed by atoms with Crippen LogP contribution in [-0.4, -0.2) is 5.97 Å². The topological polar surface area (TPSA) is 26.3 Å². The van der Waals surface area contributed by atoms with Crippen molar-refractivity contribution in [2.75, 3.05) is 0 Å². The Labute approximate surface area is 103 Å². The average Bonchev–Trinajstić information content (AvgIpc) is 2.38. The summed E-state index contributed by atoms with van der Waals surface area (Å²) in [6.45, 7) is 2.57. The van der Waals surface area contributed by atoms with Gasteiger partial charge in [-0.2, -0.15) is 0 Å². The summed E-state index contributed by atoms with van der Waals surface area (Å²) < 4.78 is 5.40. The number of benzene rings is 1. The molecule has 1 aromatic carbocycles. The van der Waals surface area contributed by atoms with Crippen LogP contribution in [0.5, 0.6) is 0 Å². The summed E-state index contributed by atoms with van der Waals surface area (Å²) in [5.74, 6) is 0.584. The first-order chi connectivity index (χ1) is 8.27. The molecule has 0 radical (unpaired) electrons. The van der Waals surface area contributed by atoms with Crippen LogP contribution in [0.2, 0.25) is 0 Å². The van der Waals surface area contributed by atoms with E-state index in [1.807, 2.05) is 30.3 Å². The van der Waals surface area contributed by atoms with Crippen LogP contribution in [0.15, 0.2) is 30.3 Å². The minimum Gasteiger partial charge on any atom is -0.461 e. The fraction of sp³-hybridized carbons (Fsp3) is 0.533. The minimum atomic E-state index is -0.0129. The van der Waals surface area contributed by atoms with Crippen LogP contribution in [0, 0.1) is 11.8 Å². The summed E-state index contributed by atoms with van der Waals surface area (Å²) in [5.41, 5.74) is 1.06. The monoisotopic (exact) mass is 232 g/mol. The zero-order chi connectivity index (χ0) is 12.1. The van der Waals surface area contributed by atoms with E-state index in [2.05, 4.69) is 6.92 Å². The lowest BCUT2D eigenvalue weighted by Gasteiger charge is -2.26. The normalized spacial score (nSPS) is 24.3. The van der Waals surface area contributed by atoms with E-state index in [9.17, 15) is 4.79 Å². The van der Waals surface area contributed by atoms with Gasteiger partial charge in [0.2, 0.25) is 0 Å². The molecule has 0 aromatic heterocycles. The maximum absolute atomic E-state index is 12.0. The Morgan fingerprint density at radius 3 is 2.65 bits per heavy atom. The Morgan fingerprint density at radius 2 is 1.94 bits per heavy atom. The van der Waals surface area contributed by atoms with Crippen molar-refractivity contribution in [3.63, 3.8) is 0 Å². The first kappa shape index (κ1) is 12.2. The second-order valence-electron chi connectivity index (χ2n) is 4.96. The van der Waals surface area contributed by atoms with Crippen LogP contribution < -0.4 is 0 Å². The third kappa shape index (κ3) is 3.32. The summed E-state index contributed by atoms with van der Waals surface area (Å²) in [5, 5.41) is 0. The van der Waals surface area contributed by atoms with Crippen LogP contribution in [0.1, 0.15) is 38.2 Å². The predicted octanol–water partition coefficient (Wildman–Crippen LogP) is 3.56. The van der Waals surface area contributed by atoms with Crippen molar-refractivity contribution in [1.29, 1.82) is 0 Å². The molecule has 17 heavy (non-hydrogen) atoms. The smallest absolute Gasteiger partial charge is 0.309 e. The van der Waals surface area contributed by atoms with Gasteiger partial charge < -0.3 is 4.74 Å². The van der Waals surface area contributed by atoms with Crippen molar-refractivity contribution >= 4 is 5.97 Å². The summed E-state index contributed by atoms with van der Waals surface area (Å²) in [7, 11) is 0. The number of hydrogen-bond acceptors (Lipinski definition) is 2. The van der Waals surface area contributed by atoms with Crippen molar-refractivity contribution in [2.45, 2.75) is 39.2 Å². The Balaban J connectivity index is 1.84. The SMILES string of the molecule is C[C@H]1CCCC[C@@H]1C(=O)OCc1ccccc1. The van der Waals surface area contributed by atoms with E-state index in [0.29, 0.717) is 12.5 Å². The van der Waals surface area contributed by atoms with Gasteiger partial charge in [0, 0.05) is 0 Å². The zero-order valence-corrected chi connectivity index (χ0v) is 10.4. The van der Waals surface area contributed by atoms with E-state index in [-0.39, 0.29) is 11.9 Å². The molecule has 0 unspecified atom stereocenters. The van der Waals surface area contributed by atoms with E-state index < -0.39 is 0 Å². The van der Waals surface area contributed by atoms with Gasteiger partial charge >= 0.3 is 5.97 Å². The highest BCUT2D eigenvalue weighted by atomic mass is 16.5. The molecule has 2 nitrogen and oxygen atoms in total. The summed E-state index contributed by atoms with van der Waals surface area (Å²) in [6, 6.07) is 9.86. The third-order valence-electron chi connectivity index (χ3n) is 3.64. The van der Waals surface area contributed by atoms with Gasteiger partial charge in [0.1, 0.15) is 6.61 Å². The molecule has 0 heterocycles. The summed E-state index contributed by atoms with van der Waals surface area (Å²) in [6.07, 6.45) is 4.57. The molecule has 0 saturated heterocycles. The number of rotatable bonds is 3. The molecule has 1 aliphatic carbocycles. The molecule has 2 atom stereocenters. The maximum atomic E-state index is 12.0. The van der Waals surface area contributed by atoms with Gasteiger partial charge in [-0.3, -0.25) is 4.79 Å². The largest absolute Gasteiger partial charge is 0.461 e. The standard InChI is InChI=1S/C15H20O2/c1-12-7-5-6-10-14(12)15(16)17-11-13-8-3-2-4-9-13/h2-4,8-9,12,14H,5-7,10-11H2,1H3/t12-,14-/m0/s1. The third-order valence-corrected chi connectivity index (χ3v) is 3.64. The number of esters is 1. The molecular weight excluding hydrogens is 212 g/mol. The lowest BCUT2D eigenvalue weighted by molar-refractivity contribution is -0.152. The van der Waals surface area contributed by atoms with Gasteiger partial charge in [0.15, 0.2) is 0 Å². The molecule has 0 amide bonds. The van der Waals surface area contributed by atoms with Crippen LogP contribution >= 0.6 is 0 Å². The van der Waals surface area contributed by atoms with E-state index in [4.69, 9.17) is 4.74 Å². The number of carbonyl (C=O) groups is 1. The van der Waals surface area contributed by atoms with Crippen LogP contribution in [0.4, 0.5) is 0 Å². The van der Waals surface area contributed by atoms with Crippen molar-refractivity contribution in [2.24, 2.45) is 11.8 Å². The molecule has 0 N–H and O–H groups in total. The van der Waals surface area contributed by atoms with Gasteiger partial charge in [-0.15, -0.1) is 0 Å². The molecular formula is C15H20O2. The molecule has 1 saturated carbocycles. The highest BCUT2D eigenvalue weighted by Crippen LogP contribution is 2.30. The van der Waals surface area contributed by atoms with Crippen LogP contribution in [-0.2, 0) is 16.1 Å². The fourth-order valence-corrected chi connectivity index (χ4v) is 2.50. The van der Waals surface area contributed by atoms with Crippen LogP contribution in [0.25, 0.3) is 0 Å². The van der Waals surface area contributed by atoms with E-state index >= 15 is 0 Å². The maximum Gasteiger partial charge on any atom is 0.309 e. The Kier molecular flexibility index (Phi) is 4.18. The molecule has 2 rings (SSSR count). The van der Waals surface area contributed by atoms with Crippen molar-refractivity contribution in [3.8, 4) is 0 Å². The quantitative estimate of drug-likeness (QED) is 0.745. The van der Waals surface area contributed by atoms with Crippen molar-refractivity contribution in [3.05, 3.63) is 35.9 Å². The molecule has 0 spiro atoms. The highest BCUT2D eigenvalue weighted by molar-refractivity contribution is 5.72. The highest BCUT2D eigenvalue weighted by Gasteiger charge is 2.28. The van der Waals surface area contributed by atoms with Gasteiger partial charge in [0.25, 0.3) is 0 Å². The first-order valence-electron chi connectivity index (χ1n) is 6.48. The zero-order valence-electron chi connectivity index (χ0n) is 10.4. The van der Waals surface area contributed by atoms with E-state index in [0.717, 1.165) is 24.8 Å². The fourth-order valence-electron chi connectivity index (χ4n) is 2.50. The molecule has 0 aliphatic heterocycles.